The van der Waals surface area contributed by atoms with Gasteiger partial charge in [-0.25, -0.2) is 0 Å². The lowest BCUT2D eigenvalue weighted by molar-refractivity contribution is 0.105. The molecule has 0 spiro atoms. The van der Waals surface area contributed by atoms with Gasteiger partial charge in [0.2, 0.25) is 0 Å². The minimum absolute atomic E-state index is 0.175. The van der Waals surface area contributed by atoms with Crippen LogP contribution in [-0.2, 0) is 0 Å². The molecule has 0 bridgehead atoms. The van der Waals surface area contributed by atoms with Crippen LogP contribution in [0.2, 0.25) is 0 Å². The largest absolute Gasteiger partial charge is 0.392 e. The highest BCUT2D eigenvalue weighted by Crippen LogP contribution is 2.16. The molecule has 1 unspecified atom stereocenters. The van der Waals surface area contributed by atoms with Gasteiger partial charge >= 0.3 is 0 Å². The molecule has 2 heteroatoms. The molecule has 0 saturated carbocycles. The van der Waals surface area contributed by atoms with Crippen molar-refractivity contribution in [3.05, 3.63) is 0 Å². The Kier molecular flexibility index (Phi) is 4.02. The van der Waals surface area contributed by atoms with E-state index in [2.05, 4.69) is 11.8 Å². The van der Waals surface area contributed by atoms with Crippen LogP contribution in [0.4, 0.5) is 0 Å². The lowest BCUT2D eigenvalue weighted by Crippen LogP contribution is -2.37. The first-order valence-electron chi connectivity index (χ1n) is 5.12. The lowest BCUT2D eigenvalue weighted by atomic mass is 10.1. The molecule has 1 rings (SSSR count). The summed E-state index contributed by atoms with van der Waals surface area (Å²) in [6, 6.07) is 0.669. The van der Waals surface area contributed by atoms with Crippen LogP contribution in [-0.4, -0.2) is 35.2 Å². The van der Waals surface area contributed by atoms with Crippen LogP contribution in [0.25, 0.3) is 0 Å². The van der Waals surface area contributed by atoms with Gasteiger partial charge in [0.05, 0.1) is 6.10 Å². The number of β-amino-alcohol motifs (C(OH)–C–C–N with tert-alkyl or cyclic N) is 1. The van der Waals surface area contributed by atoms with Gasteiger partial charge in [0.25, 0.3) is 0 Å². The summed E-state index contributed by atoms with van der Waals surface area (Å²) in [7, 11) is 0. The molecule has 0 radical (unpaired) electrons. The molecule has 0 aromatic rings. The summed E-state index contributed by atoms with van der Waals surface area (Å²) in [5, 5.41) is 9.27. The van der Waals surface area contributed by atoms with E-state index < -0.39 is 0 Å². The predicted molar refractivity (Wildman–Crippen MR) is 51.2 cm³/mol. The molecule has 0 amide bonds. The molecule has 12 heavy (non-hydrogen) atoms. The van der Waals surface area contributed by atoms with Crippen LogP contribution < -0.4 is 0 Å². The first kappa shape index (κ1) is 10.0. The topological polar surface area (TPSA) is 23.5 Å². The van der Waals surface area contributed by atoms with E-state index in [4.69, 9.17) is 0 Å². The van der Waals surface area contributed by atoms with E-state index in [9.17, 15) is 5.11 Å². The molecule has 0 aromatic heterocycles. The van der Waals surface area contributed by atoms with Gasteiger partial charge in [-0.3, -0.25) is 4.90 Å². The Morgan fingerprint density at radius 2 is 2.17 bits per heavy atom. The Hall–Kier alpha value is -0.0800. The highest BCUT2D eigenvalue weighted by molar-refractivity contribution is 4.72. The fourth-order valence-corrected chi connectivity index (χ4v) is 1.94. The fraction of sp³-hybridized carbons (Fsp3) is 1.00. The van der Waals surface area contributed by atoms with Crippen molar-refractivity contribution in [2.45, 2.75) is 51.7 Å². The molecule has 1 N–H and O–H groups in total. The van der Waals surface area contributed by atoms with Crippen molar-refractivity contribution in [2.24, 2.45) is 0 Å². The van der Waals surface area contributed by atoms with Crippen LogP contribution in [0.1, 0.15) is 39.5 Å². The smallest absolute Gasteiger partial charge is 0.0639 e. The van der Waals surface area contributed by atoms with Gasteiger partial charge in [-0.05, 0) is 33.2 Å². The van der Waals surface area contributed by atoms with Crippen molar-refractivity contribution in [2.75, 3.05) is 13.1 Å². The monoisotopic (exact) mass is 171 g/mol. The first-order chi connectivity index (χ1) is 5.70. The highest BCUT2D eigenvalue weighted by Gasteiger charge is 2.17. The zero-order chi connectivity index (χ0) is 8.97. The molecule has 1 heterocycles. The normalized spacial score (nSPS) is 29.8. The number of aliphatic hydroxyl groups is 1. The lowest BCUT2D eigenvalue weighted by Gasteiger charge is -2.27. The molecule has 1 aliphatic rings. The van der Waals surface area contributed by atoms with Crippen LogP contribution in [0.5, 0.6) is 0 Å². The Labute approximate surface area is 75.6 Å². The first-order valence-corrected chi connectivity index (χ1v) is 5.12. The number of hydrogen-bond acceptors (Lipinski definition) is 2. The van der Waals surface area contributed by atoms with Crippen LogP contribution in [0.15, 0.2) is 0 Å². The van der Waals surface area contributed by atoms with E-state index in [0.717, 1.165) is 6.54 Å². The molecule has 1 saturated heterocycles. The van der Waals surface area contributed by atoms with E-state index in [1.165, 1.54) is 32.2 Å². The van der Waals surface area contributed by atoms with Crippen LogP contribution >= 0.6 is 0 Å². The Balaban J connectivity index is 2.36. The predicted octanol–water partition coefficient (Wildman–Crippen LogP) is 1.63. The maximum atomic E-state index is 9.27. The van der Waals surface area contributed by atoms with Gasteiger partial charge in [0.1, 0.15) is 0 Å². The standard InChI is InChI=1S/C10H21NO/c1-9-6-4-3-5-7-11(9)8-10(2)12/h9-10,12H,3-8H2,1-2H3/t9?,10-/m0/s1. The SMILES string of the molecule is CC1CCCCCN1C[C@H](C)O. The van der Waals surface area contributed by atoms with Crippen molar-refractivity contribution < 1.29 is 5.11 Å². The maximum Gasteiger partial charge on any atom is 0.0639 e. The summed E-state index contributed by atoms with van der Waals surface area (Å²) in [5.41, 5.74) is 0. The van der Waals surface area contributed by atoms with Crippen molar-refractivity contribution in [1.82, 2.24) is 4.90 Å². The number of likely N-dealkylation sites (tertiary alicyclic amines) is 1. The van der Waals surface area contributed by atoms with Crippen molar-refractivity contribution in [3.8, 4) is 0 Å². The van der Waals surface area contributed by atoms with E-state index >= 15 is 0 Å². The van der Waals surface area contributed by atoms with E-state index in [0.29, 0.717) is 6.04 Å². The molecule has 1 fully saturated rings. The summed E-state index contributed by atoms with van der Waals surface area (Å²) in [5.74, 6) is 0. The number of rotatable bonds is 2. The molecular formula is C10H21NO. The number of hydrogen-bond donors (Lipinski definition) is 1. The van der Waals surface area contributed by atoms with E-state index in [1.807, 2.05) is 6.92 Å². The second-order valence-corrected chi connectivity index (χ2v) is 4.04. The highest BCUT2D eigenvalue weighted by atomic mass is 16.3. The molecule has 0 aromatic carbocycles. The summed E-state index contributed by atoms with van der Waals surface area (Å²) >= 11 is 0. The molecule has 72 valence electrons. The minimum Gasteiger partial charge on any atom is -0.392 e. The Bertz CT molecular complexity index is 125. The Morgan fingerprint density at radius 3 is 2.83 bits per heavy atom. The number of aliphatic hydroxyl groups excluding tert-OH is 1. The molecule has 2 atom stereocenters. The summed E-state index contributed by atoms with van der Waals surface area (Å²) in [6.07, 6.45) is 5.15. The van der Waals surface area contributed by atoms with Crippen molar-refractivity contribution in [1.29, 1.82) is 0 Å². The van der Waals surface area contributed by atoms with Crippen molar-refractivity contribution in [3.63, 3.8) is 0 Å². The minimum atomic E-state index is -0.175. The third-order valence-electron chi connectivity index (χ3n) is 2.69. The average molecular weight is 171 g/mol. The van der Waals surface area contributed by atoms with Crippen molar-refractivity contribution >= 4 is 0 Å². The van der Waals surface area contributed by atoms with Gasteiger partial charge in [0, 0.05) is 12.6 Å². The third-order valence-corrected chi connectivity index (χ3v) is 2.69. The Morgan fingerprint density at radius 1 is 1.42 bits per heavy atom. The molecule has 1 aliphatic heterocycles. The second-order valence-electron chi connectivity index (χ2n) is 4.04. The average Bonchev–Trinajstić information content (AvgIpc) is 2.16. The zero-order valence-electron chi connectivity index (χ0n) is 8.29. The number of nitrogens with zero attached hydrogens (tertiary/aromatic N) is 1. The van der Waals surface area contributed by atoms with Gasteiger partial charge in [-0.15, -0.1) is 0 Å². The molecule has 0 aliphatic carbocycles. The molecule has 2 nitrogen and oxygen atoms in total. The van der Waals surface area contributed by atoms with Gasteiger partial charge in [-0.1, -0.05) is 12.8 Å². The zero-order valence-corrected chi connectivity index (χ0v) is 8.29. The van der Waals surface area contributed by atoms with E-state index in [1.54, 1.807) is 0 Å². The van der Waals surface area contributed by atoms with E-state index in [-0.39, 0.29) is 6.10 Å². The van der Waals surface area contributed by atoms with Gasteiger partial charge < -0.3 is 5.11 Å². The van der Waals surface area contributed by atoms with Gasteiger partial charge in [-0.2, -0.15) is 0 Å². The summed E-state index contributed by atoms with van der Waals surface area (Å²) in [6.45, 7) is 6.17. The molecular weight excluding hydrogens is 150 g/mol. The summed E-state index contributed by atoms with van der Waals surface area (Å²) < 4.78 is 0. The maximum absolute atomic E-state index is 9.27. The quantitative estimate of drug-likeness (QED) is 0.682. The second kappa shape index (κ2) is 4.83. The summed E-state index contributed by atoms with van der Waals surface area (Å²) in [4.78, 5) is 2.41. The van der Waals surface area contributed by atoms with Crippen LogP contribution in [0, 0.1) is 0 Å². The third kappa shape index (κ3) is 3.11. The van der Waals surface area contributed by atoms with Gasteiger partial charge in [0.15, 0.2) is 0 Å². The van der Waals surface area contributed by atoms with Crippen LogP contribution in [0.3, 0.4) is 0 Å². The fourth-order valence-electron chi connectivity index (χ4n) is 1.94.